The normalized spacial score (nSPS) is 11.6. The molecule has 4 nitrogen and oxygen atoms in total. The van der Waals surface area contributed by atoms with Crippen LogP contribution >= 0.6 is 22.7 Å². The first-order chi connectivity index (χ1) is 24.7. The third-order valence-corrected chi connectivity index (χ3v) is 11.4. The average molecular weight is 675 g/mol. The summed E-state index contributed by atoms with van der Waals surface area (Å²) in [6.45, 7) is 0. The molecular formula is C44H26N4S2. The SMILES string of the molecule is c1ccc(-c2nc(-c3cccc(-c4c5nc(-c6ccccc6)sc5cc5c4sc4ccccc45)c3)nc(-c3ccc4ccccc4c3)n2)cc1. The second-order valence-corrected chi connectivity index (χ2v) is 14.4. The van der Waals surface area contributed by atoms with E-state index in [2.05, 4.69) is 121 Å². The van der Waals surface area contributed by atoms with Crippen molar-refractivity contribution in [2.24, 2.45) is 0 Å². The standard InChI is InChI=1S/C44H26N4S2/c1-3-13-28(14-4-1)41-46-42(48-43(47-41)33-23-22-27-12-7-8-17-30(27)24-33)32-19-11-18-31(25-32)38-39-37(50-44(45-39)29-15-5-2-6-16-29)26-35-34-20-9-10-21-36(34)49-40(35)38/h1-26H. The van der Waals surface area contributed by atoms with E-state index in [0.29, 0.717) is 17.5 Å². The highest BCUT2D eigenvalue weighted by Crippen LogP contribution is 2.46. The zero-order valence-electron chi connectivity index (χ0n) is 26.6. The molecule has 0 atom stereocenters. The van der Waals surface area contributed by atoms with Crippen molar-refractivity contribution in [3.63, 3.8) is 0 Å². The Morgan fingerprint density at radius 2 is 0.980 bits per heavy atom. The first-order valence-electron chi connectivity index (χ1n) is 16.5. The van der Waals surface area contributed by atoms with Crippen LogP contribution in [0.3, 0.4) is 0 Å². The summed E-state index contributed by atoms with van der Waals surface area (Å²) in [6, 6.07) is 55.0. The zero-order valence-corrected chi connectivity index (χ0v) is 28.2. The fourth-order valence-electron chi connectivity index (χ4n) is 6.71. The highest BCUT2D eigenvalue weighted by atomic mass is 32.1. The number of thiazole rings is 1. The summed E-state index contributed by atoms with van der Waals surface area (Å²) in [5.74, 6) is 1.92. The maximum absolute atomic E-state index is 5.30. The van der Waals surface area contributed by atoms with Gasteiger partial charge in [-0.15, -0.1) is 22.7 Å². The Balaban J connectivity index is 1.19. The third-order valence-electron chi connectivity index (χ3n) is 9.13. The molecule has 0 unspecified atom stereocenters. The second kappa shape index (κ2) is 11.8. The maximum Gasteiger partial charge on any atom is 0.164 e. The number of rotatable bonds is 5. The topological polar surface area (TPSA) is 51.6 Å². The van der Waals surface area contributed by atoms with Crippen LogP contribution in [0.1, 0.15) is 0 Å². The van der Waals surface area contributed by atoms with Gasteiger partial charge in [-0.3, -0.25) is 0 Å². The van der Waals surface area contributed by atoms with Gasteiger partial charge < -0.3 is 0 Å². The van der Waals surface area contributed by atoms with Gasteiger partial charge in [0.2, 0.25) is 0 Å². The van der Waals surface area contributed by atoms with Crippen molar-refractivity contribution in [3.05, 3.63) is 158 Å². The van der Waals surface area contributed by atoms with Crippen LogP contribution in [0.2, 0.25) is 0 Å². The van der Waals surface area contributed by atoms with E-state index in [0.717, 1.165) is 49.3 Å². The summed E-state index contributed by atoms with van der Waals surface area (Å²) in [5, 5.41) is 5.87. The Bertz CT molecular complexity index is 2880. The quantitative estimate of drug-likeness (QED) is 0.182. The smallest absolute Gasteiger partial charge is 0.164 e. The lowest BCUT2D eigenvalue weighted by atomic mass is 9.99. The summed E-state index contributed by atoms with van der Waals surface area (Å²) in [5.41, 5.74) is 7.20. The van der Waals surface area contributed by atoms with Gasteiger partial charge in [0.05, 0.1) is 10.2 Å². The molecule has 10 aromatic rings. The Morgan fingerprint density at radius 1 is 0.360 bits per heavy atom. The molecule has 0 N–H and O–H groups in total. The molecule has 7 aromatic carbocycles. The molecule has 0 radical (unpaired) electrons. The van der Waals surface area contributed by atoms with Gasteiger partial charge in [0.25, 0.3) is 0 Å². The fourth-order valence-corrected chi connectivity index (χ4v) is 8.98. The Morgan fingerprint density at radius 3 is 1.78 bits per heavy atom. The van der Waals surface area contributed by atoms with Crippen LogP contribution in [0, 0.1) is 0 Å². The van der Waals surface area contributed by atoms with Crippen LogP contribution in [0.5, 0.6) is 0 Å². The minimum atomic E-state index is 0.631. The molecule has 0 bridgehead atoms. The molecule has 6 heteroatoms. The van der Waals surface area contributed by atoms with Crippen LogP contribution in [0.15, 0.2) is 158 Å². The van der Waals surface area contributed by atoms with Crippen LogP contribution in [-0.2, 0) is 0 Å². The third kappa shape index (κ3) is 4.96. The Labute approximate surface area is 296 Å². The summed E-state index contributed by atoms with van der Waals surface area (Å²) in [6.07, 6.45) is 0. The molecule has 0 spiro atoms. The predicted molar refractivity (Wildman–Crippen MR) is 211 cm³/mol. The Hall–Kier alpha value is -6.08. The van der Waals surface area contributed by atoms with Gasteiger partial charge >= 0.3 is 0 Å². The Kier molecular flexibility index (Phi) is 6.82. The van der Waals surface area contributed by atoms with Crippen molar-refractivity contribution in [3.8, 4) is 55.9 Å². The average Bonchev–Trinajstić information content (AvgIpc) is 3.79. The van der Waals surface area contributed by atoms with E-state index in [-0.39, 0.29) is 0 Å². The second-order valence-electron chi connectivity index (χ2n) is 12.3. The molecule has 50 heavy (non-hydrogen) atoms. The number of hydrogen-bond donors (Lipinski definition) is 0. The molecule has 0 aliphatic rings. The first-order valence-corrected chi connectivity index (χ1v) is 18.1. The van der Waals surface area contributed by atoms with Crippen LogP contribution in [-0.4, -0.2) is 19.9 Å². The van der Waals surface area contributed by atoms with Crippen molar-refractivity contribution in [2.45, 2.75) is 0 Å². The van der Waals surface area contributed by atoms with Crippen LogP contribution < -0.4 is 0 Å². The monoisotopic (exact) mass is 674 g/mol. The molecule has 3 aromatic heterocycles. The van der Waals surface area contributed by atoms with Crippen molar-refractivity contribution in [1.82, 2.24) is 19.9 Å². The number of nitrogens with zero attached hydrogens (tertiary/aromatic N) is 4. The van der Waals surface area contributed by atoms with E-state index < -0.39 is 0 Å². The van der Waals surface area contributed by atoms with Gasteiger partial charge in [0, 0.05) is 48.0 Å². The first kappa shape index (κ1) is 28.9. The van der Waals surface area contributed by atoms with Gasteiger partial charge in [0.15, 0.2) is 17.5 Å². The highest BCUT2D eigenvalue weighted by Gasteiger charge is 2.20. The summed E-state index contributed by atoms with van der Waals surface area (Å²) < 4.78 is 3.68. The summed E-state index contributed by atoms with van der Waals surface area (Å²) in [7, 11) is 0. The number of benzene rings is 7. The van der Waals surface area contributed by atoms with Crippen molar-refractivity contribution < 1.29 is 0 Å². The lowest BCUT2D eigenvalue weighted by molar-refractivity contribution is 1.07. The lowest BCUT2D eigenvalue weighted by Crippen LogP contribution is -2.00. The molecule has 0 amide bonds. The minimum Gasteiger partial charge on any atom is -0.235 e. The number of fused-ring (bicyclic) bond motifs is 5. The van der Waals surface area contributed by atoms with E-state index in [1.165, 1.54) is 30.3 Å². The largest absolute Gasteiger partial charge is 0.235 e. The van der Waals surface area contributed by atoms with E-state index in [4.69, 9.17) is 19.9 Å². The number of thiophene rings is 1. The van der Waals surface area contributed by atoms with Crippen molar-refractivity contribution in [2.75, 3.05) is 0 Å². The summed E-state index contributed by atoms with van der Waals surface area (Å²) in [4.78, 5) is 20.5. The molecule has 0 fully saturated rings. The van der Waals surface area contributed by atoms with E-state index in [1.54, 1.807) is 11.3 Å². The van der Waals surface area contributed by atoms with E-state index >= 15 is 0 Å². The van der Waals surface area contributed by atoms with Gasteiger partial charge in [0.1, 0.15) is 5.01 Å². The van der Waals surface area contributed by atoms with Crippen LogP contribution in [0.4, 0.5) is 0 Å². The molecular weight excluding hydrogens is 649 g/mol. The van der Waals surface area contributed by atoms with Gasteiger partial charge in [-0.25, -0.2) is 19.9 Å². The molecule has 3 heterocycles. The van der Waals surface area contributed by atoms with E-state index in [9.17, 15) is 0 Å². The van der Waals surface area contributed by atoms with Gasteiger partial charge in [-0.1, -0.05) is 133 Å². The van der Waals surface area contributed by atoms with Crippen molar-refractivity contribution >= 4 is 63.8 Å². The molecule has 10 rings (SSSR count). The van der Waals surface area contributed by atoms with Crippen molar-refractivity contribution in [1.29, 1.82) is 0 Å². The van der Waals surface area contributed by atoms with Gasteiger partial charge in [-0.05, 0) is 40.6 Å². The molecule has 0 saturated heterocycles. The maximum atomic E-state index is 5.30. The molecule has 0 aliphatic heterocycles. The zero-order chi connectivity index (χ0) is 33.0. The van der Waals surface area contributed by atoms with Gasteiger partial charge in [-0.2, -0.15) is 0 Å². The highest BCUT2D eigenvalue weighted by molar-refractivity contribution is 7.27. The minimum absolute atomic E-state index is 0.631. The van der Waals surface area contributed by atoms with E-state index in [1.807, 2.05) is 47.7 Å². The fraction of sp³-hybridized carbons (Fsp3) is 0. The number of aromatic nitrogens is 4. The predicted octanol–water partition coefficient (Wildman–Crippen LogP) is 12.3. The molecule has 0 saturated carbocycles. The number of hydrogen-bond acceptors (Lipinski definition) is 6. The molecule has 0 aliphatic carbocycles. The summed E-state index contributed by atoms with van der Waals surface area (Å²) >= 11 is 3.58. The molecule has 234 valence electrons. The van der Waals surface area contributed by atoms with Crippen LogP contribution in [0.25, 0.3) is 97.0 Å². The lowest BCUT2D eigenvalue weighted by Gasteiger charge is -2.11.